The molecule has 1 unspecified atom stereocenters. The Hall–Kier alpha value is -1.84. The van der Waals surface area contributed by atoms with E-state index in [4.69, 9.17) is 4.74 Å². The highest BCUT2D eigenvalue weighted by molar-refractivity contribution is 5.74. The molecule has 2 saturated carbocycles. The number of carbonyl (C=O) groups excluding carboxylic acids is 1. The molecule has 5 rings (SSSR count). The van der Waals surface area contributed by atoms with E-state index in [1.54, 1.807) is 6.92 Å². The molecule has 1 saturated heterocycles. The van der Waals surface area contributed by atoms with E-state index in [0.717, 1.165) is 37.2 Å². The first-order valence-electron chi connectivity index (χ1n) is 12.4. The Morgan fingerprint density at radius 2 is 2.03 bits per heavy atom. The molecular weight excluding hydrogens is 384 g/mol. The molecule has 1 aliphatic heterocycles. The second-order valence-electron chi connectivity index (χ2n) is 11.0. The summed E-state index contributed by atoms with van der Waals surface area (Å²) in [7, 11) is 0. The molecule has 1 aromatic rings. The highest BCUT2D eigenvalue weighted by atomic mass is 16.5. The van der Waals surface area contributed by atoms with Gasteiger partial charge in [0.1, 0.15) is 5.75 Å². The first kappa shape index (κ1) is 21.0. The molecule has 1 amide bonds. The molecule has 4 heteroatoms. The van der Waals surface area contributed by atoms with Crippen molar-refractivity contribution in [2.24, 2.45) is 28.6 Å². The summed E-state index contributed by atoms with van der Waals surface area (Å²) in [5.41, 5.74) is 3.28. The van der Waals surface area contributed by atoms with Crippen LogP contribution in [0.25, 0.3) is 5.57 Å². The molecule has 0 spiro atoms. The predicted molar refractivity (Wildman–Crippen MR) is 124 cm³/mol. The minimum Gasteiger partial charge on any atom is -0.492 e. The van der Waals surface area contributed by atoms with Crippen molar-refractivity contribution < 1.29 is 9.53 Å². The SMILES string of the molecule is CCCOc1cncc(C2=CC[C@H]3[C@@H]4CCC5N(C(C)=O)CC[C@]5(C)[C@H]4CC[C@]23C)c1. The summed E-state index contributed by atoms with van der Waals surface area (Å²) in [5, 5.41) is 0. The van der Waals surface area contributed by atoms with E-state index < -0.39 is 0 Å². The largest absolute Gasteiger partial charge is 0.492 e. The van der Waals surface area contributed by atoms with Gasteiger partial charge < -0.3 is 9.64 Å². The van der Waals surface area contributed by atoms with Crippen molar-refractivity contribution in [3.05, 3.63) is 30.1 Å². The van der Waals surface area contributed by atoms with Gasteiger partial charge in [0, 0.05) is 25.7 Å². The lowest BCUT2D eigenvalue weighted by molar-refractivity contribution is -0.134. The first-order chi connectivity index (χ1) is 14.9. The van der Waals surface area contributed by atoms with Crippen molar-refractivity contribution in [2.75, 3.05) is 13.2 Å². The van der Waals surface area contributed by atoms with Crippen LogP contribution in [0.5, 0.6) is 5.75 Å². The second kappa shape index (κ2) is 7.64. The molecule has 4 aliphatic rings. The highest BCUT2D eigenvalue weighted by Gasteiger charge is 2.60. The number of rotatable bonds is 4. The molecule has 0 bridgehead atoms. The van der Waals surface area contributed by atoms with Crippen molar-refractivity contribution in [2.45, 2.75) is 78.7 Å². The van der Waals surface area contributed by atoms with Gasteiger partial charge in [-0.1, -0.05) is 26.8 Å². The van der Waals surface area contributed by atoms with Crippen LogP contribution in [0.15, 0.2) is 24.5 Å². The van der Waals surface area contributed by atoms with Gasteiger partial charge >= 0.3 is 0 Å². The van der Waals surface area contributed by atoms with Crippen LogP contribution in [0.1, 0.15) is 78.2 Å². The van der Waals surface area contributed by atoms with Crippen molar-refractivity contribution in [1.29, 1.82) is 0 Å². The molecule has 31 heavy (non-hydrogen) atoms. The van der Waals surface area contributed by atoms with Crippen LogP contribution in [-0.4, -0.2) is 35.0 Å². The number of carbonyl (C=O) groups is 1. The second-order valence-corrected chi connectivity index (χ2v) is 11.0. The number of amides is 1. The Kier molecular flexibility index (Phi) is 5.18. The van der Waals surface area contributed by atoms with Gasteiger partial charge in [-0.05, 0) is 90.7 Å². The number of ether oxygens (including phenoxy) is 1. The van der Waals surface area contributed by atoms with Gasteiger partial charge in [-0.25, -0.2) is 0 Å². The Bertz CT molecular complexity index is 895. The van der Waals surface area contributed by atoms with Gasteiger partial charge in [-0.15, -0.1) is 0 Å². The van der Waals surface area contributed by atoms with E-state index in [9.17, 15) is 4.79 Å². The fourth-order valence-electron chi connectivity index (χ4n) is 8.07. The van der Waals surface area contributed by atoms with E-state index >= 15 is 0 Å². The van der Waals surface area contributed by atoms with Crippen LogP contribution in [0, 0.1) is 28.6 Å². The zero-order valence-electron chi connectivity index (χ0n) is 19.7. The average molecular weight is 423 g/mol. The Labute approximate surface area is 187 Å². The number of aromatic nitrogens is 1. The lowest BCUT2D eigenvalue weighted by atomic mass is 9.48. The van der Waals surface area contributed by atoms with Gasteiger partial charge in [0.2, 0.25) is 5.91 Å². The standard InChI is InChI=1S/C27H38N2O2/c1-5-14-31-20-15-19(16-28-17-20)22-7-8-23-21-6-9-25-27(4,12-13-29(25)18(2)30)24(21)10-11-26(22,23)3/h7,15-17,21,23-25H,5-6,8-14H2,1-4H3/t21-,23-,24-,25?,26+,27+/m0/s1. The smallest absolute Gasteiger partial charge is 0.219 e. The van der Waals surface area contributed by atoms with E-state index in [2.05, 4.69) is 42.8 Å². The van der Waals surface area contributed by atoms with Crippen LogP contribution in [-0.2, 0) is 4.79 Å². The summed E-state index contributed by atoms with van der Waals surface area (Å²) in [6, 6.07) is 2.66. The molecule has 2 heterocycles. The average Bonchev–Trinajstić information content (AvgIpc) is 3.29. The molecule has 0 N–H and O–H groups in total. The summed E-state index contributed by atoms with van der Waals surface area (Å²) in [6.45, 7) is 10.6. The maximum absolute atomic E-state index is 12.2. The van der Waals surface area contributed by atoms with E-state index in [-0.39, 0.29) is 11.3 Å². The molecule has 4 nitrogen and oxygen atoms in total. The molecule has 168 valence electrons. The molecule has 1 aromatic heterocycles. The highest BCUT2D eigenvalue weighted by Crippen LogP contribution is 2.66. The monoisotopic (exact) mass is 422 g/mol. The van der Waals surface area contributed by atoms with Crippen LogP contribution >= 0.6 is 0 Å². The third-order valence-electron chi connectivity index (χ3n) is 9.57. The number of hydrogen-bond donors (Lipinski definition) is 0. The fraction of sp³-hybridized carbons (Fsp3) is 0.704. The minimum atomic E-state index is 0.230. The Morgan fingerprint density at radius 1 is 1.19 bits per heavy atom. The van der Waals surface area contributed by atoms with E-state index in [0.29, 0.717) is 17.4 Å². The molecule has 6 atom stereocenters. The Balaban J connectivity index is 1.39. The van der Waals surface area contributed by atoms with Gasteiger partial charge in [-0.3, -0.25) is 9.78 Å². The quantitative estimate of drug-likeness (QED) is 0.622. The van der Waals surface area contributed by atoms with Crippen LogP contribution in [0.2, 0.25) is 0 Å². The zero-order chi connectivity index (χ0) is 21.8. The molecule has 0 aromatic carbocycles. The zero-order valence-corrected chi connectivity index (χ0v) is 19.7. The van der Waals surface area contributed by atoms with Crippen molar-refractivity contribution in [3.8, 4) is 5.75 Å². The van der Waals surface area contributed by atoms with E-state index in [1.807, 2.05) is 12.4 Å². The summed E-state index contributed by atoms with van der Waals surface area (Å²) in [6.07, 6.45) is 14.7. The summed E-state index contributed by atoms with van der Waals surface area (Å²) >= 11 is 0. The van der Waals surface area contributed by atoms with Gasteiger partial charge in [0.05, 0.1) is 12.8 Å². The lowest BCUT2D eigenvalue weighted by Gasteiger charge is -2.57. The summed E-state index contributed by atoms with van der Waals surface area (Å²) < 4.78 is 5.88. The lowest BCUT2D eigenvalue weighted by Crippen LogP contribution is -2.54. The fourth-order valence-corrected chi connectivity index (χ4v) is 8.07. The topological polar surface area (TPSA) is 42.4 Å². The van der Waals surface area contributed by atoms with Crippen molar-refractivity contribution >= 4 is 11.5 Å². The summed E-state index contributed by atoms with van der Waals surface area (Å²) in [5.74, 6) is 3.40. The third kappa shape index (κ3) is 3.15. The number of allylic oxidation sites excluding steroid dienone is 2. The predicted octanol–water partition coefficient (Wildman–Crippen LogP) is 5.73. The third-order valence-corrected chi connectivity index (χ3v) is 9.57. The van der Waals surface area contributed by atoms with Gasteiger partial charge in [0.25, 0.3) is 0 Å². The number of nitrogens with zero attached hydrogens (tertiary/aromatic N) is 2. The minimum absolute atomic E-state index is 0.230. The number of likely N-dealkylation sites (tertiary alicyclic amines) is 1. The number of pyridine rings is 1. The van der Waals surface area contributed by atoms with Crippen LogP contribution < -0.4 is 4.74 Å². The maximum atomic E-state index is 12.2. The van der Waals surface area contributed by atoms with Gasteiger partial charge in [0.15, 0.2) is 0 Å². The van der Waals surface area contributed by atoms with E-state index in [1.165, 1.54) is 49.7 Å². The Morgan fingerprint density at radius 3 is 2.81 bits per heavy atom. The normalized spacial score (nSPS) is 38.8. The molecule has 3 aliphatic carbocycles. The van der Waals surface area contributed by atoms with Crippen molar-refractivity contribution in [3.63, 3.8) is 0 Å². The maximum Gasteiger partial charge on any atom is 0.219 e. The molecular formula is C27H38N2O2. The number of fused-ring (bicyclic) bond motifs is 5. The van der Waals surface area contributed by atoms with Crippen LogP contribution in [0.4, 0.5) is 0 Å². The van der Waals surface area contributed by atoms with Crippen molar-refractivity contribution in [1.82, 2.24) is 9.88 Å². The van der Waals surface area contributed by atoms with Gasteiger partial charge in [-0.2, -0.15) is 0 Å². The molecule has 0 radical (unpaired) electrons. The summed E-state index contributed by atoms with van der Waals surface area (Å²) in [4.78, 5) is 18.9. The molecule has 3 fully saturated rings. The number of hydrogen-bond acceptors (Lipinski definition) is 3. The van der Waals surface area contributed by atoms with Crippen LogP contribution in [0.3, 0.4) is 0 Å². The first-order valence-corrected chi connectivity index (χ1v) is 12.4.